The van der Waals surface area contributed by atoms with Gasteiger partial charge in [-0.15, -0.1) is 0 Å². The third-order valence-electron chi connectivity index (χ3n) is 4.64. The average molecular weight is 539 g/mol. The van der Waals surface area contributed by atoms with E-state index in [1.54, 1.807) is 24.3 Å². The molecule has 0 saturated heterocycles. The van der Waals surface area contributed by atoms with Gasteiger partial charge in [0.25, 0.3) is 15.9 Å². The number of halogens is 2. The first-order valence-corrected chi connectivity index (χ1v) is 12.3. The Kier molecular flexibility index (Phi) is 7.82. The van der Waals surface area contributed by atoms with Crippen LogP contribution in [0, 0.1) is 0 Å². The molecule has 6 nitrogen and oxygen atoms in total. The van der Waals surface area contributed by atoms with Gasteiger partial charge >= 0.3 is 0 Å². The van der Waals surface area contributed by atoms with Crippen molar-refractivity contribution in [2.45, 2.75) is 18.2 Å². The minimum absolute atomic E-state index is 0.0658. The van der Waals surface area contributed by atoms with Crippen molar-refractivity contribution in [2.24, 2.45) is 0 Å². The van der Waals surface area contributed by atoms with E-state index in [2.05, 4.69) is 15.9 Å². The van der Waals surface area contributed by atoms with Gasteiger partial charge in [0.05, 0.1) is 17.7 Å². The molecule has 0 aliphatic carbocycles. The first-order valence-electron chi connectivity index (χ1n) is 9.65. The van der Waals surface area contributed by atoms with E-state index in [1.165, 1.54) is 43.5 Å². The van der Waals surface area contributed by atoms with Crippen molar-refractivity contribution in [3.05, 3.63) is 81.8 Å². The summed E-state index contributed by atoms with van der Waals surface area (Å²) in [7, 11) is -2.72. The van der Waals surface area contributed by atoms with Crippen LogP contribution in [-0.2, 0) is 21.2 Å². The fourth-order valence-corrected chi connectivity index (χ4v) is 4.96. The molecule has 0 aliphatic heterocycles. The minimum atomic E-state index is -4.22. The Labute approximate surface area is 200 Å². The first-order chi connectivity index (χ1) is 15.3. The maximum absolute atomic E-state index is 13.4. The number of hydrogen-bond donors (Lipinski definition) is 0. The molecule has 0 saturated carbocycles. The van der Waals surface area contributed by atoms with Gasteiger partial charge in [0, 0.05) is 9.50 Å². The Bertz CT molecular complexity index is 1200. The molecule has 9 heteroatoms. The molecule has 0 unspecified atom stereocenters. The fraction of sp³-hybridized carbons (Fsp3) is 0.174. The molecule has 0 atom stereocenters. The second-order valence-electron chi connectivity index (χ2n) is 6.71. The van der Waals surface area contributed by atoms with Crippen LogP contribution in [0.2, 0.25) is 5.02 Å². The molecule has 3 rings (SSSR count). The van der Waals surface area contributed by atoms with Crippen LogP contribution in [-0.4, -0.2) is 28.0 Å². The van der Waals surface area contributed by atoms with Crippen LogP contribution in [0.25, 0.3) is 0 Å². The Morgan fingerprint density at radius 2 is 1.69 bits per heavy atom. The summed E-state index contributed by atoms with van der Waals surface area (Å²) in [5, 5.41) is 0.386. The van der Waals surface area contributed by atoms with Gasteiger partial charge in [-0.2, -0.15) is 4.31 Å². The number of sulfonamides is 1. The van der Waals surface area contributed by atoms with Crippen LogP contribution in [0.15, 0.2) is 76.1 Å². The predicted molar refractivity (Wildman–Crippen MR) is 128 cm³/mol. The molecule has 168 valence electrons. The lowest BCUT2D eigenvalue weighted by Gasteiger charge is -2.23. The Balaban J connectivity index is 1.96. The summed E-state index contributed by atoms with van der Waals surface area (Å²) in [4.78, 5) is 13.1. The van der Waals surface area contributed by atoms with E-state index >= 15 is 0 Å². The molecular weight excluding hydrogens is 518 g/mol. The standard InChI is InChI=1S/C23H21BrClNO5S/c1-3-16-14-17(24)4-13-22(16)31-15-23(27)26(19-7-9-20(30-2)10-8-19)32(28,29)21-11-5-18(25)6-12-21/h4-14H,3,15H2,1-2H3. The van der Waals surface area contributed by atoms with Crippen LogP contribution >= 0.6 is 27.5 Å². The number of nitrogens with zero attached hydrogens (tertiary/aromatic N) is 1. The molecule has 0 heterocycles. The molecule has 0 radical (unpaired) electrons. The van der Waals surface area contributed by atoms with Gasteiger partial charge in [-0.3, -0.25) is 4.79 Å². The van der Waals surface area contributed by atoms with Crippen molar-refractivity contribution in [3.8, 4) is 11.5 Å². The number of methoxy groups -OCH3 is 1. The Morgan fingerprint density at radius 1 is 1.03 bits per heavy atom. The quantitative estimate of drug-likeness (QED) is 0.380. The first kappa shape index (κ1) is 24.1. The van der Waals surface area contributed by atoms with Crippen molar-refractivity contribution >= 4 is 49.1 Å². The zero-order valence-electron chi connectivity index (χ0n) is 17.4. The molecule has 0 N–H and O–H groups in total. The van der Waals surface area contributed by atoms with Gasteiger partial charge in [-0.05, 0) is 78.7 Å². The Morgan fingerprint density at radius 3 is 2.28 bits per heavy atom. The topological polar surface area (TPSA) is 72.9 Å². The highest BCUT2D eigenvalue weighted by molar-refractivity contribution is 9.10. The highest BCUT2D eigenvalue weighted by Crippen LogP contribution is 2.28. The number of carbonyl (C=O) groups is 1. The number of rotatable bonds is 8. The number of hydrogen-bond acceptors (Lipinski definition) is 5. The van der Waals surface area contributed by atoms with Gasteiger partial charge in [-0.25, -0.2) is 8.42 Å². The van der Waals surface area contributed by atoms with Crippen molar-refractivity contribution in [3.63, 3.8) is 0 Å². The Hall–Kier alpha value is -2.55. The SMILES string of the molecule is CCc1cc(Br)ccc1OCC(=O)N(c1ccc(OC)cc1)S(=O)(=O)c1ccc(Cl)cc1. The van der Waals surface area contributed by atoms with Crippen LogP contribution in [0.5, 0.6) is 11.5 Å². The number of anilines is 1. The summed E-state index contributed by atoms with van der Waals surface area (Å²) in [6.45, 7) is 1.50. The van der Waals surface area contributed by atoms with E-state index in [9.17, 15) is 13.2 Å². The number of benzene rings is 3. The summed E-state index contributed by atoms with van der Waals surface area (Å²) >= 11 is 9.31. The highest BCUT2D eigenvalue weighted by atomic mass is 79.9. The summed E-state index contributed by atoms with van der Waals surface area (Å²) in [5.41, 5.74) is 1.06. The largest absolute Gasteiger partial charge is 0.497 e. The van der Waals surface area contributed by atoms with Gasteiger partial charge < -0.3 is 9.47 Å². The third-order valence-corrected chi connectivity index (χ3v) is 7.15. The normalized spacial score (nSPS) is 11.1. The van der Waals surface area contributed by atoms with Crippen molar-refractivity contribution < 1.29 is 22.7 Å². The summed E-state index contributed by atoms with van der Waals surface area (Å²) in [6, 6.07) is 17.2. The van der Waals surface area contributed by atoms with Crippen molar-refractivity contribution in [1.82, 2.24) is 0 Å². The van der Waals surface area contributed by atoms with Crippen molar-refractivity contribution in [1.29, 1.82) is 0 Å². The molecule has 32 heavy (non-hydrogen) atoms. The second-order valence-corrected chi connectivity index (χ2v) is 9.85. The zero-order chi connectivity index (χ0) is 23.3. The van der Waals surface area contributed by atoms with Crippen molar-refractivity contribution in [2.75, 3.05) is 18.0 Å². The van der Waals surface area contributed by atoms with E-state index < -0.39 is 22.5 Å². The lowest BCUT2D eigenvalue weighted by atomic mass is 10.1. The third kappa shape index (κ3) is 5.43. The minimum Gasteiger partial charge on any atom is -0.497 e. The van der Waals surface area contributed by atoms with Crippen LogP contribution in [0.4, 0.5) is 5.69 Å². The van der Waals surface area contributed by atoms with E-state index in [-0.39, 0.29) is 10.6 Å². The lowest BCUT2D eigenvalue weighted by Crippen LogP contribution is -2.40. The second kappa shape index (κ2) is 10.4. The molecule has 0 aromatic heterocycles. The number of ether oxygens (including phenoxy) is 2. The average Bonchev–Trinajstić information content (AvgIpc) is 2.79. The maximum Gasteiger partial charge on any atom is 0.278 e. The predicted octanol–water partition coefficient (Wildman–Crippen LogP) is 5.47. The van der Waals surface area contributed by atoms with Crippen LogP contribution < -0.4 is 13.8 Å². The lowest BCUT2D eigenvalue weighted by molar-refractivity contribution is -0.119. The van der Waals surface area contributed by atoms with E-state index in [1.807, 2.05) is 13.0 Å². The molecule has 3 aromatic rings. The molecule has 0 spiro atoms. The molecule has 0 aliphatic rings. The fourth-order valence-electron chi connectivity index (χ4n) is 3.01. The number of aryl methyl sites for hydroxylation is 1. The highest BCUT2D eigenvalue weighted by Gasteiger charge is 2.31. The van der Waals surface area contributed by atoms with Gasteiger partial charge in [0.15, 0.2) is 6.61 Å². The number of carbonyl (C=O) groups excluding carboxylic acids is 1. The molecular formula is C23H21BrClNO5S. The maximum atomic E-state index is 13.4. The smallest absolute Gasteiger partial charge is 0.278 e. The van der Waals surface area contributed by atoms with Crippen LogP contribution in [0.3, 0.4) is 0 Å². The summed E-state index contributed by atoms with van der Waals surface area (Å²) < 4.78 is 39.3. The van der Waals surface area contributed by atoms with E-state index in [4.69, 9.17) is 21.1 Å². The van der Waals surface area contributed by atoms with Crippen LogP contribution in [0.1, 0.15) is 12.5 Å². The monoisotopic (exact) mass is 537 g/mol. The van der Waals surface area contributed by atoms with Gasteiger partial charge in [0.1, 0.15) is 11.5 Å². The number of amides is 1. The van der Waals surface area contributed by atoms with Gasteiger partial charge in [-0.1, -0.05) is 34.5 Å². The molecule has 0 bridgehead atoms. The summed E-state index contributed by atoms with van der Waals surface area (Å²) in [6.07, 6.45) is 0.689. The zero-order valence-corrected chi connectivity index (χ0v) is 20.6. The van der Waals surface area contributed by atoms with E-state index in [0.29, 0.717) is 22.9 Å². The molecule has 0 fully saturated rings. The molecule has 3 aromatic carbocycles. The van der Waals surface area contributed by atoms with E-state index in [0.717, 1.165) is 14.3 Å². The van der Waals surface area contributed by atoms with Gasteiger partial charge in [0.2, 0.25) is 0 Å². The summed E-state index contributed by atoms with van der Waals surface area (Å²) in [5.74, 6) is 0.307. The molecule has 1 amide bonds.